The molecule has 2 aliphatic rings. The van der Waals surface area contributed by atoms with Crippen LogP contribution in [0.4, 0.5) is 0 Å². The van der Waals surface area contributed by atoms with E-state index in [0.29, 0.717) is 12.3 Å². The molecule has 0 unspecified atom stereocenters. The summed E-state index contributed by atoms with van der Waals surface area (Å²) in [4.78, 5) is 11.5. The summed E-state index contributed by atoms with van der Waals surface area (Å²) in [6.45, 7) is 7.77. The molecular weight excluding hydrogens is 152 g/mol. The quantitative estimate of drug-likeness (QED) is 0.438. The molecule has 0 aromatic carbocycles. The summed E-state index contributed by atoms with van der Waals surface area (Å²) in [6, 6.07) is 0. The Morgan fingerprint density at radius 3 is 2.92 bits per heavy atom. The molecule has 0 spiro atoms. The van der Waals surface area contributed by atoms with Gasteiger partial charge in [0.1, 0.15) is 5.60 Å². The van der Waals surface area contributed by atoms with Gasteiger partial charge in [0, 0.05) is 6.42 Å². The van der Waals surface area contributed by atoms with Crippen LogP contribution in [0.15, 0.2) is 12.2 Å². The number of carbonyl (C=O) groups is 1. The normalized spacial score (nSPS) is 45.3. The van der Waals surface area contributed by atoms with E-state index in [9.17, 15) is 4.79 Å². The van der Waals surface area contributed by atoms with Crippen molar-refractivity contribution in [3.8, 4) is 0 Å². The summed E-state index contributed by atoms with van der Waals surface area (Å²) in [6.07, 6.45) is 1.79. The maximum atomic E-state index is 11.5. The lowest BCUT2D eigenvalue weighted by Gasteiger charge is -2.21. The van der Waals surface area contributed by atoms with E-state index in [0.717, 1.165) is 12.0 Å². The van der Waals surface area contributed by atoms with E-state index in [1.807, 2.05) is 13.8 Å². The van der Waals surface area contributed by atoms with E-state index in [2.05, 4.69) is 6.58 Å². The molecule has 0 amide bonds. The molecule has 1 heterocycles. The van der Waals surface area contributed by atoms with E-state index < -0.39 is 5.60 Å². The van der Waals surface area contributed by atoms with Gasteiger partial charge in [0.25, 0.3) is 0 Å². The fourth-order valence-corrected chi connectivity index (χ4v) is 1.92. The first-order valence-electron chi connectivity index (χ1n) is 4.40. The zero-order chi connectivity index (χ0) is 8.93. The second kappa shape index (κ2) is 2.19. The minimum Gasteiger partial charge on any atom is -0.358 e. The van der Waals surface area contributed by atoms with Crippen molar-refractivity contribution >= 4 is 5.78 Å². The molecule has 2 fully saturated rings. The lowest BCUT2D eigenvalue weighted by atomic mass is 9.79. The standard InChI is InChI=1S/C10H14O2/c1-6(2)7-4-8(11)10(3)9(5-7)12-10/h7,9H,1,4-5H2,2-3H3/t7-,9-,10+/m1/s1. The third-order valence-corrected chi connectivity index (χ3v) is 3.13. The summed E-state index contributed by atoms with van der Waals surface area (Å²) < 4.78 is 5.37. The third kappa shape index (κ3) is 0.944. The molecule has 1 saturated carbocycles. The van der Waals surface area contributed by atoms with Crippen LogP contribution in [0.5, 0.6) is 0 Å². The number of hydrogen-bond acceptors (Lipinski definition) is 2. The summed E-state index contributed by atoms with van der Waals surface area (Å²) in [5.41, 5.74) is 0.701. The molecule has 0 aromatic heterocycles. The van der Waals surface area contributed by atoms with Crippen molar-refractivity contribution < 1.29 is 9.53 Å². The van der Waals surface area contributed by atoms with Crippen LogP contribution in [0.25, 0.3) is 0 Å². The van der Waals surface area contributed by atoms with Crippen molar-refractivity contribution in [1.82, 2.24) is 0 Å². The van der Waals surface area contributed by atoms with Gasteiger partial charge < -0.3 is 4.74 Å². The van der Waals surface area contributed by atoms with Crippen LogP contribution in [0.1, 0.15) is 26.7 Å². The third-order valence-electron chi connectivity index (χ3n) is 3.13. The highest BCUT2D eigenvalue weighted by Gasteiger charge is 2.61. The molecule has 1 saturated heterocycles. The van der Waals surface area contributed by atoms with Crippen molar-refractivity contribution in [2.75, 3.05) is 0 Å². The SMILES string of the molecule is C=C(C)[C@@H]1CC(=O)[C@]2(C)O[C@@H]2C1. The van der Waals surface area contributed by atoms with Gasteiger partial charge in [-0.1, -0.05) is 12.2 Å². The number of ether oxygens (including phenoxy) is 1. The highest BCUT2D eigenvalue weighted by atomic mass is 16.6. The van der Waals surface area contributed by atoms with Crippen molar-refractivity contribution in [2.24, 2.45) is 5.92 Å². The van der Waals surface area contributed by atoms with Crippen LogP contribution in [0, 0.1) is 5.92 Å². The molecular formula is C10H14O2. The van der Waals surface area contributed by atoms with Gasteiger partial charge in [0.2, 0.25) is 0 Å². The number of ketones is 1. The molecule has 1 aliphatic carbocycles. The average molecular weight is 166 g/mol. The van der Waals surface area contributed by atoms with Crippen molar-refractivity contribution in [3.05, 3.63) is 12.2 Å². The molecule has 0 bridgehead atoms. The van der Waals surface area contributed by atoms with E-state index in [-0.39, 0.29) is 11.9 Å². The Balaban J connectivity index is 2.12. The van der Waals surface area contributed by atoms with E-state index in [1.165, 1.54) is 0 Å². The summed E-state index contributed by atoms with van der Waals surface area (Å²) in [5.74, 6) is 0.616. The molecule has 3 atom stereocenters. The van der Waals surface area contributed by atoms with Gasteiger partial charge in [-0.25, -0.2) is 0 Å². The van der Waals surface area contributed by atoms with E-state index >= 15 is 0 Å². The van der Waals surface area contributed by atoms with E-state index in [1.54, 1.807) is 0 Å². The molecule has 1 aliphatic heterocycles. The number of Topliss-reactive ketones (excluding diaryl/α,β-unsaturated/α-hetero) is 1. The number of carbonyl (C=O) groups excluding carboxylic acids is 1. The highest BCUT2D eigenvalue weighted by Crippen LogP contribution is 2.48. The molecule has 0 radical (unpaired) electrons. The zero-order valence-electron chi connectivity index (χ0n) is 7.59. The number of allylic oxidation sites excluding steroid dienone is 1. The second-order valence-corrected chi connectivity index (χ2v) is 4.12. The predicted octanol–water partition coefficient (Wildman–Crippen LogP) is 1.70. The smallest absolute Gasteiger partial charge is 0.167 e. The lowest BCUT2D eigenvalue weighted by molar-refractivity contribution is -0.124. The zero-order valence-corrected chi connectivity index (χ0v) is 7.59. The molecule has 2 heteroatoms. The molecule has 2 nitrogen and oxygen atoms in total. The van der Waals surface area contributed by atoms with Crippen molar-refractivity contribution in [2.45, 2.75) is 38.4 Å². The topological polar surface area (TPSA) is 29.6 Å². The van der Waals surface area contributed by atoms with Gasteiger partial charge in [0.15, 0.2) is 5.78 Å². The Kier molecular flexibility index (Phi) is 1.46. The summed E-state index contributed by atoms with van der Waals surface area (Å²) >= 11 is 0. The number of fused-ring (bicyclic) bond motifs is 1. The highest BCUT2D eigenvalue weighted by molar-refractivity contribution is 5.91. The lowest BCUT2D eigenvalue weighted by Crippen LogP contribution is -2.32. The minimum atomic E-state index is -0.411. The van der Waals surface area contributed by atoms with Crippen LogP contribution >= 0.6 is 0 Å². The van der Waals surface area contributed by atoms with Crippen LogP contribution in [0.3, 0.4) is 0 Å². The van der Waals surface area contributed by atoms with E-state index in [4.69, 9.17) is 4.74 Å². The minimum absolute atomic E-state index is 0.181. The Bertz CT molecular complexity index is 257. The first-order valence-corrected chi connectivity index (χ1v) is 4.40. The molecule has 12 heavy (non-hydrogen) atoms. The Morgan fingerprint density at radius 2 is 2.42 bits per heavy atom. The summed E-state index contributed by atoms with van der Waals surface area (Å²) in [7, 11) is 0. The van der Waals surface area contributed by atoms with Gasteiger partial charge in [-0.15, -0.1) is 0 Å². The van der Waals surface area contributed by atoms with Crippen LogP contribution in [-0.4, -0.2) is 17.5 Å². The Hall–Kier alpha value is -0.630. The largest absolute Gasteiger partial charge is 0.358 e. The first kappa shape index (κ1) is 7.99. The number of hydrogen-bond donors (Lipinski definition) is 0. The Labute approximate surface area is 72.6 Å². The average Bonchev–Trinajstić information content (AvgIpc) is 2.62. The fourth-order valence-electron chi connectivity index (χ4n) is 1.92. The Morgan fingerprint density at radius 1 is 1.75 bits per heavy atom. The molecule has 66 valence electrons. The maximum Gasteiger partial charge on any atom is 0.167 e. The number of rotatable bonds is 1. The van der Waals surface area contributed by atoms with Crippen LogP contribution in [0.2, 0.25) is 0 Å². The van der Waals surface area contributed by atoms with Crippen molar-refractivity contribution in [1.29, 1.82) is 0 Å². The monoisotopic (exact) mass is 166 g/mol. The van der Waals surface area contributed by atoms with Gasteiger partial charge >= 0.3 is 0 Å². The fraction of sp³-hybridized carbons (Fsp3) is 0.700. The van der Waals surface area contributed by atoms with Gasteiger partial charge in [-0.05, 0) is 26.2 Å². The first-order chi connectivity index (χ1) is 5.54. The maximum absolute atomic E-state index is 11.5. The molecule has 0 N–H and O–H groups in total. The van der Waals surface area contributed by atoms with Gasteiger partial charge in [-0.3, -0.25) is 4.79 Å². The predicted molar refractivity (Wildman–Crippen MR) is 45.8 cm³/mol. The van der Waals surface area contributed by atoms with Gasteiger partial charge in [0.05, 0.1) is 6.10 Å². The van der Waals surface area contributed by atoms with Crippen LogP contribution in [-0.2, 0) is 9.53 Å². The molecule has 0 aromatic rings. The van der Waals surface area contributed by atoms with Gasteiger partial charge in [-0.2, -0.15) is 0 Å². The molecule has 2 rings (SSSR count). The second-order valence-electron chi connectivity index (χ2n) is 4.12. The van der Waals surface area contributed by atoms with Crippen molar-refractivity contribution in [3.63, 3.8) is 0 Å². The summed E-state index contributed by atoms with van der Waals surface area (Å²) in [5, 5.41) is 0. The number of epoxide rings is 1. The van der Waals surface area contributed by atoms with Crippen LogP contribution < -0.4 is 0 Å².